The van der Waals surface area contributed by atoms with E-state index in [1.807, 2.05) is 30.3 Å². The largest absolute Gasteiger partial charge is 0.480 e. The smallest absolute Gasteiger partial charge is 0.326 e. The Morgan fingerprint density at radius 1 is 1.12 bits per heavy atom. The highest BCUT2D eigenvalue weighted by Gasteiger charge is 2.35. The molecule has 1 aliphatic rings. The third-order valence-electron chi connectivity index (χ3n) is 3.98. The number of rotatable bonds is 7. The van der Waals surface area contributed by atoms with E-state index in [1.54, 1.807) is 6.92 Å². The quantitative estimate of drug-likeness (QED) is 0.533. The van der Waals surface area contributed by atoms with Crippen molar-refractivity contribution < 1.29 is 24.3 Å². The topological polar surface area (TPSA) is 125 Å². The third-order valence-corrected chi connectivity index (χ3v) is 3.98. The highest BCUT2D eigenvalue weighted by atomic mass is 16.4. The Labute approximate surface area is 145 Å². The highest BCUT2D eigenvalue weighted by Crippen LogP contribution is 2.08. The standard InChI is InChI=1S/C17H21N3O5/c1-2-11(17(24)25)18-14(21)9-13-16(23)19-12(15(22)20-13)8-10-6-4-3-5-7-10/h3-7,11-13H,2,8-9H2,1H3,(H,18,21)(H,19,23)(H,20,22)(H,24,25)/t11-,12+,13+/m1/s1. The van der Waals surface area contributed by atoms with Crippen LogP contribution in [0.1, 0.15) is 25.3 Å². The number of carbonyl (C=O) groups excluding carboxylic acids is 3. The monoisotopic (exact) mass is 347 g/mol. The van der Waals surface area contributed by atoms with Crippen molar-refractivity contribution >= 4 is 23.7 Å². The van der Waals surface area contributed by atoms with Gasteiger partial charge in [-0.05, 0) is 12.0 Å². The molecule has 1 fully saturated rings. The number of carboxylic acids is 1. The Morgan fingerprint density at radius 3 is 2.32 bits per heavy atom. The van der Waals surface area contributed by atoms with Gasteiger partial charge in [0.25, 0.3) is 0 Å². The second-order valence-corrected chi connectivity index (χ2v) is 5.88. The third kappa shape index (κ3) is 5.03. The number of benzene rings is 1. The van der Waals surface area contributed by atoms with Gasteiger partial charge in [-0.25, -0.2) is 4.79 Å². The Balaban J connectivity index is 1.91. The van der Waals surface area contributed by atoms with Crippen molar-refractivity contribution in [2.75, 3.05) is 0 Å². The molecule has 134 valence electrons. The number of piperazine rings is 1. The number of amides is 3. The molecule has 3 atom stereocenters. The lowest BCUT2D eigenvalue weighted by molar-refractivity contribution is -0.142. The minimum Gasteiger partial charge on any atom is -0.480 e. The van der Waals surface area contributed by atoms with Gasteiger partial charge in [0.2, 0.25) is 17.7 Å². The molecule has 1 aromatic carbocycles. The molecule has 0 aromatic heterocycles. The van der Waals surface area contributed by atoms with Crippen LogP contribution in [-0.2, 0) is 25.6 Å². The van der Waals surface area contributed by atoms with Crippen molar-refractivity contribution in [2.24, 2.45) is 0 Å². The van der Waals surface area contributed by atoms with E-state index in [4.69, 9.17) is 5.11 Å². The summed E-state index contributed by atoms with van der Waals surface area (Å²) >= 11 is 0. The average Bonchev–Trinajstić information content (AvgIpc) is 2.57. The maximum atomic E-state index is 12.2. The molecule has 25 heavy (non-hydrogen) atoms. The number of hydrogen-bond donors (Lipinski definition) is 4. The molecule has 8 nitrogen and oxygen atoms in total. The zero-order valence-electron chi connectivity index (χ0n) is 13.8. The zero-order chi connectivity index (χ0) is 18.4. The van der Waals surface area contributed by atoms with Gasteiger partial charge < -0.3 is 21.1 Å². The second kappa shape index (κ2) is 8.27. The number of nitrogens with one attached hydrogen (secondary N) is 3. The van der Waals surface area contributed by atoms with Crippen molar-refractivity contribution in [3.63, 3.8) is 0 Å². The maximum absolute atomic E-state index is 12.2. The second-order valence-electron chi connectivity index (χ2n) is 5.88. The van der Waals surface area contributed by atoms with E-state index in [9.17, 15) is 19.2 Å². The summed E-state index contributed by atoms with van der Waals surface area (Å²) in [4.78, 5) is 47.1. The molecule has 1 saturated heterocycles. The number of hydrogen-bond acceptors (Lipinski definition) is 4. The van der Waals surface area contributed by atoms with Crippen molar-refractivity contribution in [1.82, 2.24) is 16.0 Å². The first-order valence-corrected chi connectivity index (χ1v) is 8.07. The highest BCUT2D eigenvalue weighted by molar-refractivity contribution is 5.99. The Kier molecular flexibility index (Phi) is 6.10. The van der Waals surface area contributed by atoms with Gasteiger partial charge in [-0.2, -0.15) is 0 Å². The van der Waals surface area contributed by atoms with Crippen LogP contribution in [0.25, 0.3) is 0 Å². The molecule has 0 unspecified atom stereocenters. The van der Waals surface area contributed by atoms with Crippen LogP contribution in [0.4, 0.5) is 0 Å². The summed E-state index contributed by atoms with van der Waals surface area (Å²) in [5.74, 6) is -2.57. The SMILES string of the molecule is CC[C@@H](NC(=O)C[C@@H]1NC(=O)[C@H](Cc2ccccc2)NC1=O)C(=O)O. The lowest BCUT2D eigenvalue weighted by Gasteiger charge is -2.29. The fourth-order valence-electron chi connectivity index (χ4n) is 2.59. The van der Waals surface area contributed by atoms with Gasteiger partial charge >= 0.3 is 5.97 Å². The molecule has 2 rings (SSSR count). The molecular weight excluding hydrogens is 326 g/mol. The van der Waals surface area contributed by atoms with Crippen LogP contribution in [-0.4, -0.2) is 46.9 Å². The molecule has 0 aliphatic carbocycles. The number of carbonyl (C=O) groups is 4. The first kappa shape index (κ1) is 18.4. The predicted molar refractivity (Wildman–Crippen MR) is 88.5 cm³/mol. The van der Waals surface area contributed by atoms with Crippen molar-refractivity contribution in [3.05, 3.63) is 35.9 Å². The molecule has 1 heterocycles. The fourth-order valence-corrected chi connectivity index (χ4v) is 2.59. The van der Waals surface area contributed by atoms with E-state index in [2.05, 4.69) is 16.0 Å². The van der Waals surface area contributed by atoms with Gasteiger partial charge in [-0.1, -0.05) is 37.3 Å². The average molecular weight is 347 g/mol. The van der Waals surface area contributed by atoms with Crippen LogP contribution in [0.5, 0.6) is 0 Å². The van der Waals surface area contributed by atoms with E-state index in [1.165, 1.54) is 0 Å². The Bertz CT molecular complexity index is 662. The lowest BCUT2D eigenvalue weighted by Crippen LogP contribution is -2.63. The first-order valence-electron chi connectivity index (χ1n) is 8.07. The summed E-state index contributed by atoms with van der Waals surface area (Å²) in [6, 6.07) is 6.54. The summed E-state index contributed by atoms with van der Waals surface area (Å²) in [5.41, 5.74) is 0.909. The molecule has 0 saturated carbocycles. The minimum absolute atomic E-state index is 0.226. The van der Waals surface area contributed by atoms with Gasteiger partial charge in [0.15, 0.2) is 0 Å². The Morgan fingerprint density at radius 2 is 1.72 bits per heavy atom. The fraction of sp³-hybridized carbons (Fsp3) is 0.412. The van der Waals surface area contributed by atoms with E-state index in [0.717, 1.165) is 5.56 Å². The summed E-state index contributed by atoms with van der Waals surface area (Å²) in [6.07, 6.45) is 0.275. The van der Waals surface area contributed by atoms with E-state index >= 15 is 0 Å². The molecule has 0 spiro atoms. The molecule has 0 radical (unpaired) electrons. The molecular formula is C17H21N3O5. The van der Waals surface area contributed by atoms with Crippen molar-refractivity contribution in [3.8, 4) is 0 Å². The first-order chi connectivity index (χ1) is 11.9. The predicted octanol–water partition coefficient (Wildman–Crippen LogP) is -0.418. The van der Waals surface area contributed by atoms with Crippen LogP contribution < -0.4 is 16.0 Å². The van der Waals surface area contributed by atoms with Gasteiger partial charge in [-0.15, -0.1) is 0 Å². The zero-order valence-corrected chi connectivity index (χ0v) is 13.8. The van der Waals surface area contributed by atoms with Gasteiger partial charge in [0.1, 0.15) is 18.1 Å². The minimum atomic E-state index is -1.14. The number of carboxylic acid groups (broad SMARTS) is 1. The molecule has 3 amide bonds. The summed E-state index contributed by atoms with van der Waals surface area (Å²) in [6.45, 7) is 1.63. The van der Waals surface area contributed by atoms with Crippen molar-refractivity contribution in [2.45, 2.75) is 44.3 Å². The summed E-state index contributed by atoms with van der Waals surface area (Å²) in [7, 11) is 0. The van der Waals surface area contributed by atoms with E-state index in [-0.39, 0.29) is 18.7 Å². The van der Waals surface area contributed by atoms with Crippen molar-refractivity contribution in [1.29, 1.82) is 0 Å². The molecule has 0 bridgehead atoms. The molecule has 1 aliphatic heterocycles. The van der Waals surface area contributed by atoms with Crippen LogP contribution in [0.3, 0.4) is 0 Å². The lowest BCUT2D eigenvalue weighted by atomic mass is 10.0. The van der Waals surface area contributed by atoms with Crippen LogP contribution >= 0.6 is 0 Å². The Hall–Kier alpha value is -2.90. The summed E-state index contributed by atoms with van der Waals surface area (Å²) < 4.78 is 0. The normalized spacial score (nSPS) is 21.0. The molecule has 1 aromatic rings. The van der Waals surface area contributed by atoms with Crippen LogP contribution in [0.2, 0.25) is 0 Å². The van der Waals surface area contributed by atoms with Gasteiger partial charge in [-0.3, -0.25) is 14.4 Å². The van der Waals surface area contributed by atoms with E-state index < -0.39 is 35.9 Å². The maximum Gasteiger partial charge on any atom is 0.326 e. The number of aliphatic carboxylic acids is 1. The van der Waals surface area contributed by atoms with Crippen LogP contribution in [0.15, 0.2) is 30.3 Å². The van der Waals surface area contributed by atoms with Gasteiger partial charge in [0, 0.05) is 6.42 Å². The van der Waals surface area contributed by atoms with E-state index in [0.29, 0.717) is 6.42 Å². The summed E-state index contributed by atoms with van der Waals surface area (Å²) in [5, 5.41) is 16.4. The molecule has 8 heteroatoms. The molecule has 4 N–H and O–H groups in total. The van der Waals surface area contributed by atoms with Gasteiger partial charge in [0.05, 0.1) is 6.42 Å². The van der Waals surface area contributed by atoms with Crippen LogP contribution in [0, 0.1) is 0 Å².